The van der Waals surface area contributed by atoms with Crippen molar-refractivity contribution in [3.05, 3.63) is 0 Å². The van der Waals surface area contributed by atoms with Gasteiger partial charge in [-0.15, -0.1) is 0 Å². The van der Waals surface area contributed by atoms with Crippen LogP contribution in [0.4, 0.5) is 0 Å². The van der Waals surface area contributed by atoms with E-state index in [4.69, 9.17) is 0 Å². The van der Waals surface area contributed by atoms with Crippen LogP contribution in [0.25, 0.3) is 0 Å². The first-order chi connectivity index (χ1) is 4.93. The summed E-state index contributed by atoms with van der Waals surface area (Å²) in [5.41, 5.74) is -0.517. The molecular formula is C10H22O. The van der Waals surface area contributed by atoms with Crippen LogP contribution in [0.5, 0.6) is 0 Å². The molecule has 0 bridgehead atoms. The second-order valence-corrected chi connectivity index (χ2v) is 4.02. The molecule has 0 aromatic rings. The van der Waals surface area contributed by atoms with Gasteiger partial charge in [0, 0.05) is 0 Å². The molecule has 0 aliphatic heterocycles. The van der Waals surface area contributed by atoms with Crippen LogP contribution in [0.3, 0.4) is 0 Å². The lowest BCUT2D eigenvalue weighted by atomic mass is 9.79. The molecule has 0 saturated carbocycles. The molecule has 0 aliphatic carbocycles. The van der Waals surface area contributed by atoms with Crippen molar-refractivity contribution in [3.63, 3.8) is 0 Å². The van der Waals surface area contributed by atoms with E-state index in [0.29, 0.717) is 11.8 Å². The minimum atomic E-state index is -0.517. The smallest absolute Gasteiger partial charge is 0.0619 e. The second kappa shape index (κ2) is 4.10. The van der Waals surface area contributed by atoms with Gasteiger partial charge in [0.15, 0.2) is 0 Å². The van der Waals surface area contributed by atoms with Gasteiger partial charge in [-0.25, -0.2) is 0 Å². The van der Waals surface area contributed by atoms with E-state index in [9.17, 15) is 5.11 Å². The SMILES string of the molecule is CCC(CC)C(C)C(C)(C)O. The normalized spacial score (nSPS) is 15.5. The van der Waals surface area contributed by atoms with Crippen LogP contribution >= 0.6 is 0 Å². The number of hydrogen-bond acceptors (Lipinski definition) is 1. The predicted molar refractivity (Wildman–Crippen MR) is 49.5 cm³/mol. The predicted octanol–water partition coefficient (Wildman–Crippen LogP) is 2.83. The van der Waals surface area contributed by atoms with Gasteiger partial charge in [0.2, 0.25) is 0 Å². The Morgan fingerprint density at radius 3 is 1.64 bits per heavy atom. The molecule has 0 fully saturated rings. The zero-order chi connectivity index (χ0) is 9.07. The van der Waals surface area contributed by atoms with Crippen molar-refractivity contribution < 1.29 is 5.11 Å². The Kier molecular flexibility index (Phi) is 4.09. The monoisotopic (exact) mass is 158 g/mol. The summed E-state index contributed by atoms with van der Waals surface area (Å²) in [5.74, 6) is 1.06. The van der Waals surface area contributed by atoms with E-state index in [1.54, 1.807) is 0 Å². The van der Waals surface area contributed by atoms with Crippen LogP contribution in [-0.2, 0) is 0 Å². The molecule has 1 heteroatoms. The first kappa shape index (κ1) is 11.0. The minimum Gasteiger partial charge on any atom is -0.390 e. The van der Waals surface area contributed by atoms with Gasteiger partial charge < -0.3 is 5.11 Å². The molecule has 0 aromatic carbocycles. The lowest BCUT2D eigenvalue weighted by Gasteiger charge is -2.32. The molecule has 11 heavy (non-hydrogen) atoms. The maximum atomic E-state index is 9.72. The quantitative estimate of drug-likeness (QED) is 0.667. The highest BCUT2D eigenvalue weighted by atomic mass is 16.3. The standard InChI is InChI=1S/C10H22O/c1-6-9(7-2)8(3)10(4,5)11/h8-9,11H,6-7H2,1-5H3. The van der Waals surface area contributed by atoms with Gasteiger partial charge in [0.25, 0.3) is 0 Å². The highest BCUT2D eigenvalue weighted by Crippen LogP contribution is 2.28. The van der Waals surface area contributed by atoms with Gasteiger partial charge in [-0.3, -0.25) is 0 Å². The van der Waals surface area contributed by atoms with Gasteiger partial charge in [0.1, 0.15) is 0 Å². The van der Waals surface area contributed by atoms with Crippen molar-refractivity contribution in [3.8, 4) is 0 Å². The summed E-state index contributed by atoms with van der Waals surface area (Å²) >= 11 is 0. The van der Waals surface area contributed by atoms with E-state index in [1.807, 2.05) is 13.8 Å². The van der Waals surface area contributed by atoms with Gasteiger partial charge in [-0.1, -0.05) is 33.6 Å². The van der Waals surface area contributed by atoms with Crippen molar-refractivity contribution in [2.75, 3.05) is 0 Å². The molecule has 1 N–H and O–H groups in total. The number of hydrogen-bond donors (Lipinski definition) is 1. The molecule has 0 saturated heterocycles. The molecule has 0 rings (SSSR count). The van der Waals surface area contributed by atoms with Gasteiger partial charge >= 0.3 is 0 Å². The van der Waals surface area contributed by atoms with Crippen LogP contribution in [0.1, 0.15) is 47.5 Å². The Bertz CT molecular complexity index is 97.9. The summed E-state index contributed by atoms with van der Waals surface area (Å²) < 4.78 is 0. The van der Waals surface area contributed by atoms with Crippen LogP contribution in [-0.4, -0.2) is 10.7 Å². The molecule has 0 aliphatic rings. The zero-order valence-electron chi connectivity index (χ0n) is 8.52. The van der Waals surface area contributed by atoms with E-state index >= 15 is 0 Å². The molecule has 0 aromatic heterocycles. The Morgan fingerprint density at radius 2 is 1.55 bits per heavy atom. The van der Waals surface area contributed by atoms with Crippen molar-refractivity contribution in [1.82, 2.24) is 0 Å². The molecule has 1 unspecified atom stereocenters. The van der Waals surface area contributed by atoms with Gasteiger partial charge in [0.05, 0.1) is 5.60 Å². The van der Waals surface area contributed by atoms with E-state index in [0.717, 1.165) is 0 Å². The summed E-state index contributed by atoms with van der Waals surface area (Å²) in [4.78, 5) is 0. The summed E-state index contributed by atoms with van der Waals surface area (Å²) in [7, 11) is 0. The maximum absolute atomic E-state index is 9.72. The van der Waals surface area contributed by atoms with Gasteiger partial charge in [-0.05, 0) is 25.7 Å². The van der Waals surface area contributed by atoms with Crippen molar-refractivity contribution in [1.29, 1.82) is 0 Å². The molecular weight excluding hydrogens is 136 g/mol. The van der Waals surface area contributed by atoms with Crippen molar-refractivity contribution >= 4 is 0 Å². The molecule has 0 spiro atoms. The molecule has 1 atom stereocenters. The first-order valence-electron chi connectivity index (χ1n) is 4.65. The summed E-state index contributed by atoms with van der Waals surface area (Å²) in [6.07, 6.45) is 2.34. The number of aliphatic hydroxyl groups is 1. The fourth-order valence-electron chi connectivity index (χ4n) is 1.57. The van der Waals surface area contributed by atoms with Crippen LogP contribution in [0, 0.1) is 11.8 Å². The number of rotatable bonds is 4. The molecule has 0 radical (unpaired) electrons. The molecule has 0 amide bonds. The largest absolute Gasteiger partial charge is 0.390 e. The van der Waals surface area contributed by atoms with Crippen LogP contribution in [0.2, 0.25) is 0 Å². The van der Waals surface area contributed by atoms with E-state index in [1.165, 1.54) is 12.8 Å². The van der Waals surface area contributed by atoms with E-state index in [-0.39, 0.29) is 0 Å². The Labute approximate surface area is 70.8 Å². The van der Waals surface area contributed by atoms with E-state index in [2.05, 4.69) is 20.8 Å². The van der Waals surface area contributed by atoms with E-state index < -0.39 is 5.60 Å². The fraction of sp³-hybridized carbons (Fsp3) is 1.00. The summed E-state index contributed by atoms with van der Waals surface area (Å²) in [5, 5.41) is 9.72. The highest BCUT2D eigenvalue weighted by molar-refractivity contribution is 4.78. The van der Waals surface area contributed by atoms with Gasteiger partial charge in [-0.2, -0.15) is 0 Å². The molecule has 68 valence electrons. The minimum absolute atomic E-state index is 0.400. The summed E-state index contributed by atoms with van der Waals surface area (Å²) in [6, 6.07) is 0. The average molecular weight is 158 g/mol. The third-order valence-corrected chi connectivity index (χ3v) is 2.87. The molecule has 0 heterocycles. The molecule has 1 nitrogen and oxygen atoms in total. The average Bonchev–Trinajstić information content (AvgIpc) is 1.88. The lowest BCUT2D eigenvalue weighted by molar-refractivity contribution is -0.00342. The Morgan fingerprint density at radius 1 is 1.18 bits per heavy atom. The fourth-order valence-corrected chi connectivity index (χ4v) is 1.57. The zero-order valence-corrected chi connectivity index (χ0v) is 8.52. The van der Waals surface area contributed by atoms with Crippen LogP contribution in [0.15, 0.2) is 0 Å². The second-order valence-electron chi connectivity index (χ2n) is 4.02. The topological polar surface area (TPSA) is 20.2 Å². The highest BCUT2D eigenvalue weighted by Gasteiger charge is 2.27. The lowest BCUT2D eigenvalue weighted by Crippen LogP contribution is -2.33. The third kappa shape index (κ3) is 3.24. The third-order valence-electron chi connectivity index (χ3n) is 2.87. The first-order valence-corrected chi connectivity index (χ1v) is 4.65. The Hall–Kier alpha value is -0.0400. The van der Waals surface area contributed by atoms with Crippen molar-refractivity contribution in [2.24, 2.45) is 11.8 Å². The maximum Gasteiger partial charge on any atom is 0.0619 e. The Balaban J connectivity index is 4.09. The van der Waals surface area contributed by atoms with Crippen molar-refractivity contribution in [2.45, 2.75) is 53.1 Å². The van der Waals surface area contributed by atoms with Crippen LogP contribution < -0.4 is 0 Å². The summed E-state index contributed by atoms with van der Waals surface area (Å²) in [6.45, 7) is 10.3.